The molecule has 0 bridgehead atoms. The molecule has 0 aromatic carbocycles. The first-order valence-electron chi connectivity index (χ1n) is 6.68. The summed E-state index contributed by atoms with van der Waals surface area (Å²) in [6.07, 6.45) is 3.63. The summed E-state index contributed by atoms with van der Waals surface area (Å²) in [6, 6.07) is 5.25. The van der Waals surface area contributed by atoms with Crippen LogP contribution in [0.2, 0.25) is 0 Å². The van der Waals surface area contributed by atoms with E-state index in [9.17, 15) is 9.59 Å². The summed E-state index contributed by atoms with van der Waals surface area (Å²) >= 11 is 0. The predicted molar refractivity (Wildman–Crippen MR) is 71.1 cm³/mol. The van der Waals surface area contributed by atoms with E-state index in [0.717, 1.165) is 12.1 Å². The molecule has 0 radical (unpaired) electrons. The second kappa shape index (κ2) is 6.31. The van der Waals surface area contributed by atoms with E-state index in [1.807, 2.05) is 25.1 Å². The van der Waals surface area contributed by atoms with Gasteiger partial charge in [-0.1, -0.05) is 19.4 Å². The molecule has 1 saturated heterocycles. The quantitative estimate of drug-likeness (QED) is 0.882. The van der Waals surface area contributed by atoms with Gasteiger partial charge in [-0.15, -0.1) is 0 Å². The first kappa shape index (κ1) is 13.5. The standard InChI is InChI=1S/C14H19N3O2/c1-2-5-12-14(19)17(9-7-13(18)16-12)10-11-6-3-4-8-15-11/h3-4,6,8,12H,2,5,7,9-10H2,1H3,(H,16,18). The Morgan fingerprint density at radius 2 is 2.26 bits per heavy atom. The van der Waals surface area contributed by atoms with Crippen LogP contribution in [0.5, 0.6) is 0 Å². The first-order valence-corrected chi connectivity index (χ1v) is 6.68. The van der Waals surface area contributed by atoms with E-state index in [0.29, 0.717) is 25.9 Å². The van der Waals surface area contributed by atoms with Crippen molar-refractivity contribution in [3.63, 3.8) is 0 Å². The molecule has 2 heterocycles. The summed E-state index contributed by atoms with van der Waals surface area (Å²) in [5.74, 6) is -0.0475. The van der Waals surface area contributed by atoms with Gasteiger partial charge in [0, 0.05) is 19.2 Å². The van der Waals surface area contributed by atoms with E-state index in [1.54, 1.807) is 11.1 Å². The Kier molecular flexibility index (Phi) is 4.49. The smallest absolute Gasteiger partial charge is 0.245 e. The van der Waals surface area contributed by atoms with Crippen LogP contribution in [0.1, 0.15) is 31.9 Å². The number of amides is 2. The minimum Gasteiger partial charge on any atom is -0.344 e. The van der Waals surface area contributed by atoms with Crippen molar-refractivity contribution in [2.24, 2.45) is 0 Å². The minimum absolute atomic E-state index is 0.00152. The fraction of sp³-hybridized carbons (Fsp3) is 0.500. The summed E-state index contributed by atoms with van der Waals surface area (Å²) < 4.78 is 0. The molecule has 0 aliphatic carbocycles. The summed E-state index contributed by atoms with van der Waals surface area (Å²) in [7, 11) is 0. The molecule has 1 unspecified atom stereocenters. The Morgan fingerprint density at radius 1 is 1.42 bits per heavy atom. The molecule has 1 aliphatic heterocycles. The van der Waals surface area contributed by atoms with Gasteiger partial charge in [0.25, 0.3) is 0 Å². The van der Waals surface area contributed by atoms with Crippen molar-refractivity contribution in [1.82, 2.24) is 15.2 Å². The van der Waals surface area contributed by atoms with Crippen LogP contribution in [0.15, 0.2) is 24.4 Å². The van der Waals surface area contributed by atoms with E-state index in [2.05, 4.69) is 10.3 Å². The molecule has 1 aromatic heterocycles. The van der Waals surface area contributed by atoms with Crippen molar-refractivity contribution >= 4 is 11.8 Å². The molecule has 1 aromatic rings. The van der Waals surface area contributed by atoms with Gasteiger partial charge in [-0.05, 0) is 18.6 Å². The summed E-state index contributed by atoms with van der Waals surface area (Å²) in [5, 5.41) is 2.79. The Labute approximate surface area is 113 Å². The highest BCUT2D eigenvalue weighted by atomic mass is 16.2. The lowest BCUT2D eigenvalue weighted by atomic mass is 10.1. The van der Waals surface area contributed by atoms with Gasteiger partial charge < -0.3 is 10.2 Å². The molecule has 1 aliphatic rings. The van der Waals surface area contributed by atoms with Gasteiger partial charge in [-0.25, -0.2) is 0 Å². The zero-order chi connectivity index (χ0) is 13.7. The third-order valence-corrected chi connectivity index (χ3v) is 3.21. The highest BCUT2D eigenvalue weighted by Crippen LogP contribution is 2.11. The third-order valence-electron chi connectivity index (χ3n) is 3.21. The number of hydrogen-bond acceptors (Lipinski definition) is 3. The molecule has 0 saturated carbocycles. The van der Waals surface area contributed by atoms with Gasteiger partial charge >= 0.3 is 0 Å². The number of carbonyl (C=O) groups excluding carboxylic acids is 2. The molecule has 19 heavy (non-hydrogen) atoms. The lowest BCUT2D eigenvalue weighted by molar-refractivity contribution is -0.134. The number of nitrogens with zero attached hydrogens (tertiary/aromatic N) is 2. The molecular formula is C14H19N3O2. The van der Waals surface area contributed by atoms with Crippen LogP contribution in [0.3, 0.4) is 0 Å². The van der Waals surface area contributed by atoms with Crippen LogP contribution in [-0.2, 0) is 16.1 Å². The van der Waals surface area contributed by atoms with Crippen LogP contribution in [-0.4, -0.2) is 34.3 Å². The van der Waals surface area contributed by atoms with Gasteiger partial charge in [0.15, 0.2) is 0 Å². The molecule has 2 amide bonds. The minimum atomic E-state index is -0.385. The maximum Gasteiger partial charge on any atom is 0.245 e. The van der Waals surface area contributed by atoms with Crippen LogP contribution >= 0.6 is 0 Å². The lowest BCUT2D eigenvalue weighted by Gasteiger charge is -2.23. The van der Waals surface area contributed by atoms with E-state index in [-0.39, 0.29) is 17.9 Å². The maximum absolute atomic E-state index is 12.4. The van der Waals surface area contributed by atoms with Crippen molar-refractivity contribution in [1.29, 1.82) is 0 Å². The molecule has 5 nitrogen and oxygen atoms in total. The van der Waals surface area contributed by atoms with Crippen LogP contribution in [0.25, 0.3) is 0 Å². The first-order chi connectivity index (χ1) is 9.20. The molecule has 5 heteroatoms. The predicted octanol–water partition coefficient (Wildman–Crippen LogP) is 1.10. The monoisotopic (exact) mass is 261 g/mol. The average Bonchev–Trinajstić information content (AvgIpc) is 2.54. The van der Waals surface area contributed by atoms with Gasteiger partial charge in [-0.3, -0.25) is 14.6 Å². The van der Waals surface area contributed by atoms with E-state index in [4.69, 9.17) is 0 Å². The van der Waals surface area contributed by atoms with E-state index in [1.165, 1.54) is 0 Å². The van der Waals surface area contributed by atoms with Crippen molar-refractivity contribution < 1.29 is 9.59 Å². The third kappa shape index (κ3) is 3.53. The lowest BCUT2D eigenvalue weighted by Crippen LogP contribution is -2.44. The molecular weight excluding hydrogens is 242 g/mol. The molecule has 1 fully saturated rings. The fourth-order valence-electron chi connectivity index (χ4n) is 2.22. The molecule has 2 rings (SSSR count). The largest absolute Gasteiger partial charge is 0.344 e. The van der Waals surface area contributed by atoms with Gasteiger partial charge in [0.2, 0.25) is 11.8 Å². The van der Waals surface area contributed by atoms with Crippen molar-refractivity contribution in [2.45, 2.75) is 38.8 Å². The number of hydrogen-bond donors (Lipinski definition) is 1. The maximum atomic E-state index is 12.4. The van der Waals surface area contributed by atoms with Crippen LogP contribution in [0, 0.1) is 0 Å². The summed E-state index contributed by atoms with van der Waals surface area (Å²) in [4.78, 5) is 29.9. The van der Waals surface area contributed by atoms with Gasteiger partial charge in [0.1, 0.15) is 6.04 Å². The van der Waals surface area contributed by atoms with Gasteiger partial charge in [-0.2, -0.15) is 0 Å². The number of carbonyl (C=O) groups is 2. The van der Waals surface area contributed by atoms with Crippen LogP contribution in [0.4, 0.5) is 0 Å². The SMILES string of the molecule is CCCC1NC(=O)CCN(Cc2ccccn2)C1=O. The summed E-state index contributed by atoms with van der Waals surface area (Å²) in [5.41, 5.74) is 0.848. The highest BCUT2D eigenvalue weighted by Gasteiger charge is 2.29. The number of nitrogens with one attached hydrogen (secondary N) is 1. The Bertz CT molecular complexity index is 447. The number of pyridine rings is 1. The van der Waals surface area contributed by atoms with E-state index >= 15 is 0 Å². The Hall–Kier alpha value is -1.91. The van der Waals surface area contributed by atoms with Gasteiger partial charge in [0.05, 0.1) is 12.2 Å². The van der Waals surface area contributed by atoms with Crippen molar-refractivity contribution in [3.8, 4) is 0 Å². The number of rotatable bonds is 4. The number of aromatic nitrogens is 1. The Morgan fingerprint density at radius 3 is 2.95 bits per heavy atom. The topological polar surface area (TPSA) is 62.3 Å². The Balaban J connectivity index is 2.10. The molecule has 1 N–H and O–H groups in total. The normalized spacial score (nSPS) is 20.1. The highest BCUT2D eigenvalue weighted by molar-refractivity contribution is 5.89. The van der Waals surface area contributed by atoms with E-state index < -0.39 is 0 Å². The van der Waals surface area contributed by atoms with Crippen LogP contribution < -0.4 is 5.32 Å². The fourth-order valence-corrected chi connectivity index (χ4v) is 2.22. The molecule has 0 spiro atoms. The molecule has 102 valence electrons. The second-order valence-electron chi connectivity index (χ2n) is 4.74. The zero-order valence-corrected chi connectivity index (χ0v) is 11.1. The zero-order valence-electron chi connectivity index (χ0n) is 11.1. The summed E-state index contributed by atoms with van der Waals surface area (Å²) in [6.45, 7) is 2.93. The average molecular weight is 261 g/mol. The second-order valence-corrected chi connectivity index (χ2v) is 4.74. The molecule has 1 atom stereocenters. The van der Waals surface area contributed by atoms with Crippen molar-refractivity contribution in [2.75, 3.05) is 6.54 Å². The van der Waals surface area contributed by atoms with Crippen molar-refractivity contribution in [3.05, 3.63) is 30.1 Å².